The summed E-state index contributed by atoms with van der Waals surface area (Å²) in [6.07, 6.45) is 10.00. The lowest BCUT2D eigenvalue weighted by molar-refractivity contribution is 0.107. The standard InChI is InChI=1S/C23H29ClO2/c1-2-3-4-5-6-7-8-12-18-26-22-20(19-14-10-9-11-15-19)16-13-17-21(22)23(24)25/h9-11,13-17H,2-8,12,18H2,1H3. The molecule has 3 heteroatoms. The summed E-state index contributed by atoms with van der Waals surface area (Å²) in [5.41, 5.74) is 2.38. The van der Waals surface area contributed by atoms with Gasteiger partial charge in [0.15, 0.2) is 0 Å². The van der Waals surface area contributed by atoms with Crippen molar-refractivity contribution in [1.82, 2.24) is 0 Å². The zero-order chi connectivity index (χ0) is 18.6. The second-order valence-electron chi connectivity index (χ2n) is 6.65. The van der Waals surface area contributed by atoms with Crippen molar-refractivity contribution in [3.63, 3.8) is 0 Å². The van der Waals surface area contributed by atoms with E-state index in [-0.39, 0.29) is 0 Å². The van der Waals surface area contributed by atoms with Crippen LogP contribution in [0.2, 0.25) is 0 Å². The van der Waals surface area contributed by atoms with E-state index in [1.54, 1.807) is 6.07 Å². The van der Waals surface area contributed by atoms with Gasteiger partial charge in [0.2, 0.25) is 0 Å². The van der Waals surface area contributed by atoms with Crippen LogP contribution in [0, 0.1) is 0 Å². The average Bonchev–Trinajstić information content (AvgIpc) is 2.67. The highest BCUT2D eigenvalue weighted by molar-refractivity contribution is 6.68. The maximum atomic E-state index is 11.8. The number of unbranched alkanes of at least 4 members (excludes halogenated alkanes) is 7. The lowest BCUT2D eigenvalue weighted by Gasteiger charge is -2.14. The first-order valence-electron chi connectivity index (χ1n) is 9.75. The molecule has 0 saturated heterocycles. The minimum Gasteiger partial charge on any atom is -0.492 e. The summed E-state index contributed by atoms with van der Waals surface area (Å²) >= 11 is 5.77. The van der Waals surface area contributed by atoms with E-state index >= 15 is 0 Å². The summed E-state index contributed by atoms with van der Waals surface area (Å²) in [6, 6.07) is 15.5. The van der Waals surface area contributed by atoms with Crippen LogP contribution in [0.1, 0.15) is 68.6 Å². The summed E-state index contributed by atoms with van der Waals surface area (Å²) in [5.74, 6) is 0.599. The van der Waals surface area contributed by atoms with Crippen LogP contribution in [0.5, 0.6) is 5.75 Å². The number of halogens is 1. The van der Waals surface area contributed by atoms with Crippen molar-refractivity contribution in [2.75, 3.05) is 6.61 Å². The molecule has 0 N–H and O–H groups in total. The van der Waals surface area contributed by atoms with Crippen molar-refractivity contribution < 1.29 is 9.53 Å². The minimum absolute atomic E-state index is 0.438. The molecule has 26 heavy (non-hydrogen) atoms. The number of para-hydroxylation sites is 1. The fourth-order valence-corrected chi connectivity index (χ4v) is 3.25. The molecule has 0 aliphatic carbocycles. The van der Waals surface area contributed by atoms with E-state index in [2.05, 4.69) is 6.92 Å². The van der Waals surface area contributed by atoms with Gasteiger partial charge in [0.1, 0.15) is 5.75 Å². The van der Waals surface area contributed by atoms with Gasteiger partial charge in [-0.25, -0.2) is 0 Å². The van der Waals surface area contributed by atoms with Gasteiger partial charge in [0.25, 0.3) is 5.24 Å². The van der Waals surface area contributed by atoms with E-state index in [0.717, 1.165) is 24.0 Å². The summed E-state index contributed by atoms with van der Waals surface area (Å²) in [4.78, 5) is 11.8. The first-order valence-corrected chi connectivity index (χ1v) is 10.1. The number of carbonyl (C=O) groups is 1. The van der Waals surface area contributed by atoms with E-state index in [1.165, 1.54) is 38.5 Å². The Morgan fingerprint density at radius 3 is 2.15 bits per heavy atom. The smallest absolute Gasteiger partial charge is 0.256 e. The molecule has 0 saturated carbocycles. The Balaban J connectivity index is 1.92. The van der Waals surface area contributed by atoms with Crippen molar-refractivity contribution in [2.45, 2.75) is 58.3 Å². The Bertz CT molecular complexity index is 667. The van der Waals surface area contributed by atoms with Gasteiger partial charge in [-0.1, -0.05) is 94.3 Å². The molecule has 0 heterocycles. The van der Waals surface area contributed by atoms with Gasteiger partial charge in [-0.3, -0.25) is 4.79 Å². The van der Waals surface area contributed by atoms with Gasteiger partial charge in [0.05, 0.1) is 12.2 Å². The maximum absolute atomic E-state index is 11.8. The van der Waals surface area contributed by atoms with Crippen LogP contribution in [0.25, 0.3) is 11.1 Å². The molecule has 0 aliphatic rings. The minimum atomic E-state index is -0.478. The monoisotopic (exact) mass is 372 g/mol. The van der Waals surface area contributed by atoms with Gasteiger partial charge in [-0.05, 0) is 29.7 Å². The highest BCUT2D eigenvalue weighted by atomic mass is 35.5. The Labute approximate surface area is 162 Å². The number of ether oxygens (including phenoxy) is 1. The molecule has 140 valence electrons. The number of rotatable bonds is 12. The highest BCUT2D eigenvalue weighted by Crippen LogP contribution is 2.34. The third-order valence-corrected chi connectivity index (χ3v) is 4.76. The van der Waals surface area contributed by atoms with Crippen molar-refractivity contribution in [3.8, 4) is 16.9 Å². The van der Waals surface area contributed by atoms with Crippen molar-refractivity contribution in [2.24, 2.45) is 0 Å². The molecular formula is C23H29ClO2. The van der Waals surface area contributed by atoms with Crippen LogP contribution in [0.4, 0.5) is 0 Å². The van der Waals surface area contributed by atoms with Crippen LogP contribution in [-0.4, -0.2) is 11.8 Å². The van der Waals surface area contributed by atoms with Crippen molar-refractivity contribution in [3.05, 3.63) is 54.1 Å². The van der Waals surface area contributed by atoms with Crippen LogP contribution >= 0.6 is 11.6 Å². The second kappa shape index (κ2) is 11.7. The molecule has 0 atom stereocenters. The molecule has 0 aliphatic heterocycles. The van der Waals surface area contributed by atoms with Gasteiger partial charge < -0.3 is 4.74 Å². The molecule has 0 bridgehead atoms. The lowest BCUT2D eigenvalue weighted by atomic mass is 10.0. The predicted molar refractivity (Wildman–Crippen MR) is 110 cm³/mol. The first-order chi connectivity index (χ1) is 12.7. The summed E-state index contributed by atoms with van der Waals surface area (Å²) in [5, 5.41) is -0.478. The van der Waals surface area contributed by atoms with E-state index in [1.807, 2.05) is 42.5 Å². The van der Waals surface area contributed by atoms with Gasteiger partial charge >= 0.3 is 0 Å². The molecule has 2 rings (SSSR count). The second-order valence-corrected chi connectivity index (χ2v) is 6.99. The number of benzene rings is 2. The van der Waals surface area contributed by atoms with Crippen LogP contribution in [-0.2, 0) is 0 Å². The Morgan fingerprint density at radius 2 is 1.50 bits per heavy atom. The zero-order valence-corrected chi connectivity index (χ0v) is 16.4. The number of carbonyl (C=O) groups excluding carboxylic acids is 1. The maximum Gasteiger partial charge on any atom is 0.256 e. The van der Waals surface area contributed by atoms with Crippen LogP contribution < -0.4 is 4.74 Å². The third kappa shape index (κ3) is 6.49. The molecule has 2 aromatic rings. The molecule has 0 unspecified atom stereocenters. The normalized spacial score (nSPS) is 10.7. The molecule has 0 radical (unpaired) electrons. The van der Waals surface area contributed by atoms with E-state index < -0.39 is 5.24 Å². The molecule has 0 amide bonds. The van der Waals surface area contributed by atoms with Gasteiger partial charge in [-0.15, -0.1) is 0 Å². The molecule has 0 aromatic heterocycles. The molecule has 2 nitrogen and oxygen atoms in total. The fourth-order valence-electron chi connectivity index (χ4n) is 3.10. The molecule has 0 spiro atoms. The Hall–Kier alpha value is -1.80. The molecule has 2 aromatic carbocycles. The van der Waals surface area contributed by atoms with Gasteiger partial charge in [-0.2, -0.15) is 0 Å². The lowest BCUT2D eigenvalue weighted by Crippen LogP contribution is -2.04. The topological polar surface area (TPSA) is 26.3 Å². The highest BCUT2D eigenvalue weighted by Gasteiger charge is 2.15. The summed E-state index contributed by atoms with van der Waals surface area (Å²) < 4.78 is 6.02. The summed E-state index contributed by atoms with van der Waals surface area (Å²) in [6.45, 7) is 2.85. The Kier molecular flexibility index (Phi) is 9.27. The van der Waals surface area contributed by atoms with Crippen molar-refractivity contribution in [1.29, 1.82) is 0 Å². The van der Waals surface area contributed by atoms with Crippen LogP contribution in [0.15, 0.2) is 48.5 Å². The molecular weight excluding hydrogens is 344 g/mol. The quantitative estimate of drug-likeness (QED) is 0.289. The van der Waals surface area contributed by atoms with E-state index in [4.69, 9.17) is 16.3 Å². The van der Waals surface area contributed by atoms with E-state index in [9.17, 15) is 4.79 Å². The van der Waals surface area contributed by atoms with E-state index in [0.29, 0.717) is 17.9 Å². The summed E-state index contributed by atoms with van der Waals surface area (Å²) in [7, 11) is 0. The molecule has 0 fully saturated rings. The predicted octanol–water partition coefficient (Wildman–Crippen LogP) is 7.25. The number of hydrogen-bond donors (Lipinski definition) is 0. The third-order valence-electron chi connectivity index (χ3n) is 4.56. The van der Waals surface area contributed by atoms with Crippen LogP contribution in [0.3, 0.4) is 0 Å². The average molecular weight is 373 g/mol. The zero-order valence-electron chi connectivity index (χ0n) is 15.7. The van der Waals surface area contributed by atoms with Gasteiger partial charge in [0, 0.05) is 5.56 Å². The fraction of sp³-hybridized carbons (Fsp3) is 0.435. The van der Waals surface area contributed by atoms with Crippen molar-refractivity contribution >= 4 is 16.8 Å². The largest absolute Gasteiger partial charge is 0.492 e. The Morgan fingerprint density at radius 1 is 0.846 bits per heavy atom. The SMILES string of the molecule is CCCCCCCCCCOc1c(C(=O)Cl)cccc1-c1ccccc1. The number of hydrogen-bond acceptors (Lipinski definition) is 2. The first kappa shape index (κ1) is 20.5.